The Hall–Kier alpha value is -2.51. The molecule has 0 N–H and O–H groups in total. The first-order chi connectivity index (χ1) is 9.73. The second-order valence-corrected chi connectivity index (χ2v) is 4.14. The van der Waals surface area contributed by atoms with Crippen LogP contribution in [0, 0.1) is 15.9 Å². The highest BCUT2D eigenvalue weighted by Crippen LogP contribution is 2.42. The minimum absolute atomic E-state index is 0.0000945. The number of halogens is 1. The van der Waals surface area contributed by atoms with E-state index in [2.05, 4.69) is 10.2 Å². The number of nitrogens with zero attached hydrogens (tertiary/aromatic N) is 5. The van der Waals surface area contributed by atoms with Crippen LogP contribution in [-0.4, -0.2) is 27.0 Å². The van der Waals surface area contributed by atoms with Crippen LogP contribution in [0.1, 0.15) is 8.44 Å². The minimum Gasteiger partial charge on any atom is -0.362 e. The van der Waals surface area contributed by atoms with E-state index in [0.717, 1.165) is 21.8 Å². The summed E-state index contributed by atoms with van der Waals surface area (Å²) in [6.07, 6.45) is 0. The summed E-state index contributed by atoms with van der Waals surface area (Å²) in [5.41, 5.74) is -0.257. The standard InChI is InChI=1S/C11H10FN5O2/c1-15-5-8-10(14-16(2)13-8)7-3-6(12)4-9(11(7)15)17(18)19/h3-4H,5H2,1-2H3/i5D2. The fourth-order valence-electron chi connectivity index (χ4n) is 2.14. The van der Waals surface area contributed by atoms with Gasteiger partial charge < -0.3 is 4.90 Å². The maximum absolute atomic E-state index is 13.7. The van der Waals surface area contributed by atoms with E-state index in [1.54, 1.807) is 0 Å². The Labute approximate surface area is 110 Å². The molecule has 19 heavy (non-hydrogen) atoms. The molecule has 8 heteroatoms. The topological polar surface area (TPSA) is 77.1 Å². The molecule has 1 aromatic heterocycles. The molecule has 0 spiro atoms. The van der Waals surface area contributed by atoms with Gasteiger partial charge in [-0.2, -0.15) is 15.0 Å². The van der Waals surface area contributed by atoms with Crippen LogP contribution in [0.5, 0.6) is 0 Å². The number of rotatable bonds is 1. The monoisotopic (exact) mass is 265 g/mol. The number of fused-ring (bicyclic) bond motifs is 3. The minimum atomic E-state index is -2.08. The van der Waals surface area contributed by atoms with Gasteiger partial charge in [0, 0.05) is 19.7 Å². The summed E-state index contributed by atoms with van der Waals surface area (Å²) >= 11 is 0. The normalized spacial score (nSPS) is 17.3. The van der Waals surface area contributed by atoms with Crippen molar-refractivity contribution in [2.75, 3.05) is 11.9 Å². The number of nitro groups is 1. The van der Waals surface area contributed by atoms with Crippen LogP contribution in [0.4, 0.5) is 15.8 Å². The Kier molecular flexibility index (Phi) is 1.85. The number of hydrogen-bond acceptors (Lipinski definition) is 5. The van der Waals surface area contributed by atoms with E-state index in [9.17, 15) is 14.5 Å². The summed E-state index contributed by atoms with van der Waals surface area (Å²) in [5.74, 6) is -0.784. The predicted molar refractivity (Wildman–Crippen MR) is 65.2 cm³/mol. The molecule has 2 aromatic rings. The second-order valence-electron chi connectivity index (χ2n) is 4.14. The van der Waals surface area contributed by atoms with Crippen LogP contribution in [0.25, 0.3) is 11.3 Å². The van der Waals surface area contributed by atoms with Crippen LogP contribution < -0.4 is 4.90 Å². The van der Waals surface area contributed by atoms with Gasteiger partial charge in [0.2, 0.25) is 0 Å². The van der Waals surface area contributed by atoms with Gasteiger partial charge in [-0.1, -0.05) is 0 Å². The van der Waals surface area contributed by atoms with Crippen molar-refractivity contribution < 1.29 is 12.1 Å². The number of nitro benzene ring substituents is 1. The lowest BCUT2D eigenvalue weighted by atomic mass is 10.0. The molecule has 0 unspecified atom stereocenters. The molecule has 1 aromatic carbocycles. The van der Waals surface area contributed by atoms with Gasteiger partial charge in [-0.3, -0.25) is 10.1 Å². The van der Waals surface area contributed by atoms with Gasteiger partial charge in [0.05, 0.1) is 20.2 Å². The first-order valence-electron chi connectivity index (χ1n) is 6.37. The predicted octanol–water partition coefficient (Wildman–Crippen LogP) is 1.48. The number of benzene rings is 1. The lowest BCUT2D eigenvalue weighted by Crippen LogP contribution is -2.23. The molecule has 0 aliphatic carbocycles. The molecule has 0 bridgehead atoms. The van der Waals surface area contributed by atoms with E-state index < -0.39 is 22.9 Å². The summed E-state index contributed by atoms with van der Waals surface area (Å²) in [7, 11) is 2.86. The molecule has 3 rings (SSSR count). The molecule has 1 aliphatic heterocycles. The molecular formula is C11H10FN5O2. The largest absolute Gasteiger partial charge is 0.362 e. The Bertz CT molecular complexity index is 776. The van der Waals surface area contributed by atoms with Crippen molar-refractivity contribution in [2.24, 2.45) is 7.05 Å². The van der Waals surface area contributed by atoms with Gasteiger partial charge in [-0.05, 0) is 6.07 Å². The highest BCUT2D eigenvalue weighted by atomic mass is 19.1. The summed E-state index contributed by atoms with van der Waals surface area (Å²) < 4.78 is 29.9. The zero-order valence-corrected chi connectivity index (χ0v) is 10.1. The first kappa shape index (κ1) is 9.42. The van der Waals surface area contributed by atoms with E-state index in [4.69, 9.17) is 2.74 Å². The molecule has 98 valence electrons. The molecule has 0 atom stereocenters. The summed E-state index contributed by atoms with van der Waals surface area (Å²) in [6, 6.07) is 1.87. The number of hydrogen-bond donors (Lipinski definition) is 0. The van der Waals surface area contributed by atoms with Gasteiger partial charge in [0.15, 0.2) is 0 Å². The van der Waals surface area contributed by atoms with E-state index in [-0.39, 0.29) is 22.6 Å². The molecular weight excluding hydrogens is 253 g/mol. The van der Waals surface area contributed by atoms with E-state index >= 15 is 0 Å². The molecule has 0 fully saturated rings. The molecule has 2 heterocycles. The fourth-order valence-corrected chi connectivity index (χ4v) is 2.14. The maximum atomic E-state index is 13.7. The average molecular weight is 265 g/mol. The zero-order valence-electron chi connectivity index (χ0n) is 12.1. The van der Waals surface area contributed by atoms with E-state index in [0.29, 0.717) is 0 Å². The van der Waals surface area contributed by atoms with Gasteiger partial charge in [0.1, 0.15) is 22.9 Å². The lowest BCUT2D eigenvalue weighted by molar-refractivity contribution is -0.384. The van der Waals surface area contributed by atoms with Gasteiger partial charge >= 0.3 is 0 Å². The van der Waals surface area contributed by atoms with Gasteiger partial charge in [-0.15, -0.1) is 0 Å². The first-order valence-corrected chi connectivity index (χ1v) is 5.37. The Balaban J connectivity index is 2.43. The molecule has 7 nitrogen and oxygen atoms in total. The SMILES string of the molecule is [2H]C1([2H])c2nn(C)nc2-c2cc(F)cc([N+](=O)[O-])c2N1C. The maximum Gasteiger partial charge on any atom is 0.296 e. The number of aryl methyl sites for hydroxylation is 1. The zero-order chi connectivity index (χ0) is 15.5. The van der Waals surface area contributed by atoms with Crippen molar-refractivity contribution in [1.29, 1.82) is 0 Å². The quantitative estimate of drug-likeness (QED) is 0.576. The van der Waals surface area contributed by atoms with Crippen LogP contribution >= 0.6 is 0 Å². The third-order valence-corrected chi connectivity index (χ3v) is 2.83. The van der Waals surface area contributed by atoms with Crippen LogP contribution in [-0.2, 0) is 13.5 Å². The van der Waals surface area contributed by atoms with Crippen molar-refractivity contribution in [3.05, 3.63) is 33.8 Å². The summed E-state index contributed by atoms with van der Waals surface area (Å²) in [5, 5.41) is 19.1. The molecule has 0 amide bonds. The highest BCUT2D eigenvalue weighted by Gasteiger charge is 2.31. The van der Waals surface area contributed by atoms with E-state index in [1.165, 1.54) is 14.1 Å². The second kappa shape index (κ2) is 3.74. The van der Waals surface area contributed by atoms with Gasteiger partial charge in [0.25, 0.3) is 5.69 Å². The van der Waals surface area contributed by atoms with Crippen LogP contribution in [0.3, 0.4) is 0 Å². The van der Waals surface area contributed by atoms with Crippen molar-refractivity contribution in [3.63, 3.8) is 0 Å². The Morgan fingerprint density at radius 3 is 2.89 bits per heavy atom. The molecule has 0 saturated heterocycles. The third kappa shape index (κ3) is 1.64. The third-order valence-electron chi connectivity index (χ3n) is 2.83. The van der Waals surface area contributed by atoms with Crippen molar-refractivity contribution >= 4 is 11.4 Å². The van der Waals surface area contributed by atoms with Gasteiger partial charge in [-0.25, -0.2) is 4.39 Å². The van der Waals surface area contributed by atoms with Crippen molar-refractivity contribution in [1.82, 2.24) is 15.0 Å². The summed E-state index contributed by atoms with van der Waals surface area (Å²) in [6.45, 7) is -2.08. The molecule has 0 saturated carbocycles. The summed E-state index contributed by atoms with van der Waals surface area (Å²) in [4.78, 5) is 12.6. The smallest absolute Gasteiger partial charge is 0.296 e. The Morgan fingerprint density at radius 2 is 2.21 bits per heavy atom. The fraction of sp³-hybridized carbons (Fsp3) is 0.273. The highest BCUT2D eigenvalue weighted by molar-refractivity contribution is 5.86. The molecule has 1 aliphatic rings. The van der Waals surface area contributed by atoms with Crippen molar-refractivity contribution in [2.45, 2.75) is 6.50 Å². The molecule has 0 radical (unpaired) electrons. The average Bonchev–Trinajstić information content (AvgIpc) is 2.78. The van der Waals surface area contributed by atoms with Crippen LogP contribution in [0.15, 0.2) is 12.1 Å². The van der Waals surface area contributed by atoms with Crippen molar-refractivity contribution in [3.8, 4) is 11.3 Å². The number of anilines is 1. The van der Waals surface area contributed by atoms with Crippen LogP contribution in [0.2, 0.25) is 0 Å². The number of aromatic nitrogens is 3. The Morgan fingerprint density at radius 1 is 1.47 bits per heavy atom. The van der Waals surface area contributed by atoms with E-state index in [1.807, 2.05) is 0 Å². The lowest BCUT2D eigenvalue weighted by Gasteiger charge is -2.25.